The van der Waals surface area contributed by atoms with Crippen LogP contribution >= 0.6 is 0 Å². The van der Waals surface area contributed by atoms with Crippen molar-refractivity contribution < 1.29 is 4.74 Å². The van der Waals surface area contributed by atoms with Crippen LogP contribution < -0.4 is 5.32 Å². The Labute approximate surface area is 112 Å². The van der Waals surface area contributed by atoms with Crippen molar-refractivity contribution in [2.45, 2.75) is 26.5 Å². The molecule has 0 amide bonds. The van der Waals surface area contributed by atoms with Crippen LogP contribution in [0.4, 0.5) is 5.82 Å². The first-order chi connectivity index (χ1) is 9.28. The van der Waals surface area contributed by atoms with E-state index in [-0.39, 0.29) is 0 Å². The zero-order chi connectivity index (χ0) is 13.7. The lowest BCUT2D eigenvalue weighted by Gasteiger charge is -2.09. The number of nitrogens with zero attached hydrogens (tertiary/aromatic N) is 4. The third-order valence-electron chi connectivity index (χ3n) is 2.73. The van der Waals surface area contributed by atoms with Gasteiger partial charge in [-0.05, 0) is 6.42 Å². The number of aromatic nitrogens is 4. The maximum Gasteiger partial charge on any atom is 0.180 e. The topological polar surface area (TPSA) is 64.9 Å². The highest BCUT2D eigenvalue weighted by molar-refractivity contribution is 5.52. The van der Waals surface area contributed by atoms with E-state index in [1.54, 1.807) is 13.3 Å². The second-order valence-electron chi connectivity index (χ2n) is 4.22. The van der Waals surface area contributed by atoms with Gasteiger partial charge in [-0.3, -0.25) is 0 Å². The van der Waals surface area contributed by atoms with Gasteiger partial charge in [0.15, 0.2) is 5.82 Å². The smallest absolute Gasteiger partial charge is 0.180 e. The van der Waals surface area contributed by atoms with Crippen molar-refractivity contribution >= 4 is 5.82 Å². The van der Waals surface area contributed by atoms with Gasteiger partial charge >= 0.3 is 0 Å². The summed E-state index contributed by atoms with van der Waals surface area (Å²) in [5.74, 6) is 1.45. The SMILES string of the molecule is CCCn1cncc1-c1nc(COC)cc(NC)n1. The molecule has 2 rings (SSSR count). The first kappa shape index (κ1) is 13.5. The van der Waals surface area contributed by atoms with Gasteiger partial charge in [0.05, 0.1) is 24.8 Å². The predicted molar refractivity (Wildman–Crippen MR) is 73.8 cm³/mol. The second-order valence-corrected chi connectivity index (χ2v) is 4.22. The van der Waals surface area contributed by atoms with Gasteiger partial charge in [0, 0.05) is 26.8 Å². The van der Waals surface area contributed by atoms with Crippen LogP contribution in [0, 0.1) is 0 Å². The molecule has 0 bridgehead atoms. The highest BCUT2D eigenvalue weighted by Gasteiger charge is 2.10. The Bertz CT molecular complexity index is 538. The molecule has 0 aliphatic rings. The molecule has 102 valence electrons. The van der Waals surface area contributed by atoms with Crippen LogP contribution in [-0.4, -0.2) is 33.7 Å². The molecule has 2 heterocycles. The van der Waals surface area contributed by atoms with E-state index in [1.165, 1.54) is 0 Å². The van der Waals surface area contributed by atoms with E-state index in [0.717, 1.165) is 30.2 Å². The fraction of sp³-hybridized carbons (Fsp3) is 0.462. The lowest BCUT2D eigenvalue weighted by molar-refractivity contribution is 0.181. The van der Waals surface area contributed by atoms with Crippen molar-refractivity contribution in [3.63, 3.8) is 0 Å². The molecule has 0 atom stereocenters. The van der Waals surface area contributed by atoms with E-state index in [2.05, 4.69) is 31.8 Å². The standard InChI is InChI=1S/C13H19N5O/c1-4-5-18-9-15-7-11(18)13-16-10(8-19-3)6-12(14-2)17-13/h6-7,9H,4-5,8H2,1-3H3,(H,14,16,17). The van der Waals surface area contributed by atoms with E-state index < -0.39 is 0 Å². The van der Waals surface area contributed by atoms with Crippen LogP contribution in [0.15, 0.2) is 18.6 Å². The molecule has 0 aliphatic carbocycles. The molecule has 0 saturated carbocycles. The van der Waals surface area contributed by atoms with Gasteiger partial charge in [0.25, 0.3) is 0 Å². The van der Waals surface area contributed by atoms with Crippen LogP contribution in [0.25, 0.3) is 11.5 Å². The summed E-state index contributed by atoms with van der Waals surface area (Å²) < 4.78 is 7.20. The molecule has 0 fully saturated rings. The first-order valence-electron chi connectivity index (χ1n) is 6.33. The molecular weight excluding hydrogens is 242 g/mol. The summed E-state index contributed by atoms with van der Waals surface area (Å²) in [6, 6.07) is 1.88. The molecule has 0 unspecified atom stereocenters. The summed E-state index contributed by atoms with van der Waals surface area (Å²) in [5, 5.41) is 3.04. The summed E-state index contributed by atoms with van der Waals surface area (Å²) in [6.45, 7) is 3.50. The molecule has 0 aliphatic heterocycles. The van der Waals surface area contributed by atoms with Gasteiger partial charge in [-0.1, -0.05) is 6.92 Å². The Hall–Kier alpha value is -1.95. The maximum atomic E-state index is 5.14. The zero-order valence-electron chi connectivity index (χ0n) is 11.6. The number of nitrogens with one attached hydrogen (secondary N) is 1. The number of methoxy groups -OCH3 is 1. The molecule has 6 nitrogen and oxygen atoms in total. The summed E-state index contributed by atoms with van der Waals surface area (Å²) in [6.07, 6.45) is 4.64. The lowest BCUT2D eigenvalue weighted by atomic mass is 10.3. The van der Waals surface area contributed by atoms with Crippen molar-refractivity contribution in [1.29, 1.82) is 0 Å². The Morgan fingerprint density at radius 1 is 1.37 bits per heavy atom. The quantitative estimate of drug-likeness (QED) is 0.860. The minimum Gasteiger partial charge on any atom is -0.378 e. The van der Waals surface area contributed by atoms with Crippen molar-refractivity contribution in [1.82, 2.24) is 19.5 Å². The monoisotopic (exact) mass is 261 g/mol. The largest absolute Gasteiger partial charge is 0.378 e. The summed E-state index contributed by atoms with van der Waals surface area (Å²) in [7, 11) is 3.49. The van der Waals surface area contributed by atoms with Gasteiger partial charge in [0.1, 0.15) is 11.5 Å². The first-order valence-corrected chi connectivity index (χ1v) is 6.33. The number of hydrogen-bond acceptors (Lipinski definition) is 5. The lowest BCUT2D eigenvalue weighted by Crippen LogP contribution is -2.05. The van der Waals surface area contributed by atoms with Gasteiger partial charge in [-0.25, -0.2) is 15.0 Å². The van der Waals surface area contributed by atoms with Crippen molar-refractivity contribution in [2.75, 3.05) is 19.5 Å². The molecular formula is C13H19N5O. The Kier molecular flexibility index (Phi) is 4.46. The molecule has 0 radical (unpaired) electrons. The average molecular weight is 261 g/mol. The van der Waals surface area contributed by atoms with Crippen LogP contribution in [0.3, 0.4) is 0 Å². The summed E-state index contributed by atoms with van der Waals surface area (Å²) >= 11 is 0. The highest BCUT2D eigenvalue weighted by atomic mass is 16.5. The molecule has 0 aromatic carbocycles. The molecule has 0 saturated heterocycles. The number of ether oxygens (including phenoxy) is 1. The van der Waals surface area contributed by atoms with Gasteiger partial charge in [-0.2, -0.15) is 0 Å². The fourth-order valence-corrected chi connectivity index (χ4v) is 1.89. The third kappa shape index (κ3) is 3.08. The Morgan fingerprint density at radius 3 is 2.89 bits per heavy atom. The Morgan fingerprint density at radius 2 is 2.21 bits per heavy atom. The zero-order valence-corrected chi connectivity index (χ0v) is 11.6. The normalized spacial score (nSPS) is 10.7. The van der Waals surface area contributed by atoms with Gasteiger partial charge < -0.3 is 14.6 Å². The number of aryl methyl sites for hydroxylation is 1. The molecule has 6 heteroatoms. The number of hydrogen-bond donors (Lipinski definition) is 1. The van der Waals surface area contributed by atoms with Crippen LogP contribution in [-0.2, 0) is 17.9 Å². The maximum absolute atomic E-state index is 5.14. The Balaban J connectivity index is 2.42. The molecule has 19 heavy (non-hydrogen) atoms. The van der Waals surface area contributed by atoms with Crippen molar-refractivity contribution in [3.05, 3.63) is 24.3 Å². The predicted octanol–water partition coefficient (Wildman–Crippen LogP) is 1.94. The van der Waals surface area contributed by atoms with Crippen LogP contribution in [0.5, 0.6) is 0 Å². The van der Waals surface area contributed by atoms with Gasteiger partial charge in [0.2, 0.25) is 0 Å². The summed E-state index contributed by atoms with van der Waals surface area (Å²) in [4.78, 5) is 13.2. The highest BCUT2D eigenvalue weighted by Crippen LogP contribution is 2.18. The number of imidazole rings is 1. The minimum absolute atomic E-state index is 0.464. The second kappa shape index (κ2) is 6.29. The average Bonchev–Trinajstić information content (AvgIpc) is 2.87. The van der Waals surface area contributed by atoms with E-state index >= 15 is 0 Å². The summed E-state index contributed by atoms with van der Waals surface area (Å²) in [5.41, 5.74) is 1.78. The van der Waals surface area contributed by atoms with Crippen LogP contribution in [0.1, 0.15) is 19.0 Å². The fourth-order valence-electron chi connectivity index (χ4n) is 1.89. The molecule has 0 spiro atoms. The van der Waals surface area contributed by atoms with Gasteiger partial charge in [-0.15, -0.1) is 0 Å². The minimum atomic E-state index is 0.464. The number of rotatable bonds is 6. The van der Waals surface area contributed by atoms with Crippen LogP contribution in [0.2, 0.25) is 0 Å². The molecule has 2 aromatic heterocycles. The third-order valence-corrected chi connectivity index (χ3v) is 2.73. The number of anilines is 1. The van der Waals surface area contributed by atoms with E-state index in [1.807, 2.05) is 19.4 Å². The van der Waals surface area contributed by atoms with Crippen molar-refractivity contribution in [3.8, 4) is 11.5 Å². The molecule has 2 aromatic rings. The van der Waals surface area contributed by atoms with Crippen molar-refractivity contribution in [2.24, 2.45) is 0 Å². The van der Waals surface area contributed by atoms with E-state index in [4.69, 9.17) is 4.74 Å². The van der Waals surface area contributed by atoms with E-state index in [0.29, 0.717) is 12.4 Å². The van der Waals surface area contributed by atoms with E-state index in [9.17, 15) is 0 Å². The molecule has 1 N–H and O–H groups in total.